The minimum Gasteiger partial charge on any atom is -0.314 e. The predicted octanol–water partition coefficient (Wildman–Crippen LogP) is 0.366. The second-order valence-corrected chi connectivity index (χ2v) is 4.85. The molecule has 4 nitrogen and oxygen atoms in total. The summed E-state index contributed by atoms with van der Waals surface area (Å²) in [6.07, 6.45) is 5.82. The zero-order valence-corrected chi connectivity index (χ0v) is 10.3. The van der Waals surface area contributed by atoms with Crippen LogP contribution in [-0.4, -0.2) is 26.9 Å². The molecule has 0 bridgehead atoms. The maximum Gasteiger partial charge on any atom is 0.202 e. The van der Waals surface area contributed by atoms with Gasteiger partial charge in [0.05, 0.1) is 12.6 Å². The van der Waals surface area contributed by atoms with Crippen molar-refractivity contribution in [3.05, 3.63) is 11.1 Å². The quantitative estimate of drug-likeness (QED) is 0.739. The number of likely N-dealkylation sites (tertiary alicyclic amines) is 1. The van der Waals surface area contributed by atoms with Crippen molar-refractivity contribution < 1.29 is 4.90 Å². The number of aromatic nitrogens is 3. The molecule has 0 spiro atoms. The van der Waals surface area contributed by atoms with E-state index in [1.165, 1.54) is 25.8 Å². The van der Waals surface area contributed by atoms with E-state index in [2.05, 4.69) is 12.0 Å². The average Bonchev–Trinajstić information content (AvgIpc) is 2.53. The van der Waals surface area contributed by atoms with Crippen molar-refractivity contribution in [2.75, 3.05) is 6.54 Å². The van der Waals surface area contributed by atoms with Gasteiger partial charge in [-0.05, 0) is 38.4 Å². The Morgan fingerprint density at radius 1 is 1.60 bits per heavy atom. The fourth-order valence-electron chi connectivity index (χ4n) is 2.21. The molecule has 1 aliphatic heterocycles. The topological polar surface area (TPSA) is 27.2 Å². The normalized spacial score (nSPS) is 26.8. The number of hydrogen-bond donors (Lipinski definition) is 1. The molecule has 2 rings (SSSR count). The first-order valence-electron chi connectivity index (χ1n) is 5.61. The van der Waals surface area contributed by atoms with Gasteiger partial charge in [-0.25, -0.2) is 0 Å². The Balaban J connectivity index is 2.07. The van der Waals surface area contributed by atoms with E-state index in [0.29, 0.717) is 0 Å². The van der Waals surface area contributed by atoms with Gasteiger partial charge in [-0.3, -0.25) is 0 Å². The molecule has 1 unspecified atom stereocenters. The van der Waals surface area contributed by atoms with Crippen molar-refractivity contribution in [3.8, 4) is 0 Å². The Labute approximate surface area is 95.5 Å². The Hall–Kier alpha value is -0.680. The summed E-state index contributed by atoms with van der Waals surface area (Å²) in [5.41, 5.74) is 0. The monoisotopic (exact) mass is 227 g/mol. The van der Waals surface area contributed by atoms with Crippen LogP contribution in [0.1, 0.15) is 26.2 Å². The van der Waals surface area contributed by atoms with Crippen LogP contribution < -0.4 is 4.90 Å². The van der Waals surface area contributed by atoms with Crippen LogP contribution in [0.25, 0.3) is 0 Å². The smallest absolute Gasteiger partial charge is 0.202 e. The predicted molar refractivity (Wildman–Crippen MR) is 61.2 cm³/mol. The molecule has 1 aromatic rings. The molecule has 15 heavy (non-hydrogen) atoms. The van der Waals surface area contributed by atoms with Crippen LogP contribution in [0, 0.1) is 4.77 Å². The first-order valence-corrected chi connectivity index (χ1v) is 6.02. The van der Waals surface area contributed by atoms with Crippen molar-refractivity contribution in [2.24, 2.45) is 7.05 Å². The van der Waals surface area contributed by atoms with Crippen LogP contribution in [0.5, 0.6) is 0 Å². The summed E-state index contributed by atoms with van der Waals surface area (Å²) < 4.78 is 4.65. The van der Waals surface area contributed by atoms with Gasteiger partial charge in [0.2, 0.25) is 4.77 Å². The van der Waals surface area contributed by atoms with Gasteiger partial charge in [-0.1, -0.05) is 0 Å². The van der Waals surface area contributed by atoms with E-state index in [1.54, 1.807) is 11.2 Å². The first kappa shape index (κ1) is 10.8. The Morgan fingerprint density at radius 3 is 3.00 bits per heavy atom. The number of nitrogens with one attached hydrogen (secondary N) is 1. The number of aryl methyl sites for hydroxylation is 1. The SMILES string of the molecule is C[C@@H]1CCCC[NH+]1Cn1ncn(C)c1=S. The summed E-state index contributed by atoms with van der Waals surface area (Å²) in [5.74, 6) is 0. The Morgan fingerprint density at radius 2 is 2.40 bits per heavy atom. The highest BCUT2D eigenvalue weighted by Crippen LogP contribution is 2.02. The summed E-state index contributed by atoms with van der Waals surface area (Å²) in [6.45, 7) is 4.49. The molecule has 5 heteroatoms. The molecule has 1 aliphatic rings. The number of hydrogen-bond acceptors (Lipinski definition) is 2. The third kappa shape index (κ3) is 2.29. The van der Waals surface area contributed by atoms with E-state index in [4.69, 9.17) is 12.2 Å². The van der Waals surface area contributed by atoms with Crippen molar-refractivity contribution in [1.82, 2.24) is 14.3 Å². The van der Waals surface area contributed by atoms with Gasteiger partial charge in [0, 0.05) is 7.05 Å². The van der Waals surface area contributed by atoms with Crippen molar-refractivity contribution in [1.29, 1.82) is 0 Å². The molecular formula is C10H19N4S+. The van der Waals surface area contributed by atoms with Crippen molar-refractivity contribution in [2.45, 2.75) is 38.9 Å². The molecule has 0 radical (unpaired) electrons. The average molecular weight is 227 g/mol. The van der Waals surface area contributed by atoms with Crippen LogP contribution in [-0.2, 0) is 13.7 Å². The lowest BCUT2D eigenvalue weighted by atomic mass is 10.0. The number of rotatable bonds is 2. The molecule has 84 valence electrons. The zero-order chi connectivity index (χ0) is 10.8. The summed E-state index contributed by atoms with van der Waals surface area (Å²) in [4.78, 5) is 1.61. The lowest BCUT2D eigenvalue weighted by Crippen LogP contribution is -3.15. The maximum absolute atomic E-state index is 5.28. The second-order valence-electron chi connectivity index (χ2n) is 4.49. The van der Waals surface area contributed by atoms with Gasteiger partial charge >= 0.3 is 0 Å². The molecule has 1 N–H and O–H groups in total. The van der Waals surface area contributed by atoms with Crippen LogP contribution >= 0.6 is 12.2 Å². The third-order valence-electron chi connectivity index (χ3n) is 3.32. The van der Waals surface area contributed by atoms with E-state index in [1.807, 2.05) is 16.3 Å². The molecule has 2 heterocycles. The zero-order valence-electron chi connectivity index (χ0n) is 9.44. The van der Waals surface area contributed by atoms with E-state index in [9.17, 15) is 0 Å². The molecule has 0 saturated carbocycles. The minimum atomic E-state index is 0.739. The summed E-state index contributed by atoms with van der Waals surface area (Å²) >= 11 is 5.28. The molecule has 1 fully saturated rings. The van der Waals surface area contributed by atoms with Gasteiger partial charge in [0.15, 0.2) is 6.67 Å². The van der Waals surface area contributed by atoms with Gasteiger partial charge in [-0.15, -0.1) is 0 Å². The van der Waals surface area contributed by atoms with Gasteiger partial charge < -0.3 is 9.47 Å². The number of quaternary nitrogens is 1. The van der Waals surface area contributed by atoms with Crippen molar-refractivity contribution >= 4 is 12.2 Å². The Kier molecular flexibility index (Phi) is 3.21. The third-order valence-corrected chi connectivity index (χ3v) is 3.82. The summed E-state index contributed by atoms with van der Waals surface area (Å²) in [6, 6.07) is 0.739. The molecule has 1 aromatic heterocycles. The molecule has 0 aliphatic carbocycles. The van der Waals surface area contributed by atoms with E-state index < -0.39 is 0 Å². The fourth-order valence-corrected chi connectivity index (χ4v) is 2.37. The van der Waals surface area contributed by atoms with E-state index >= 15 is 0 Å². The molecule has 0 aromatic carbocycles. The summed E-state index contributed by atoms with van der Waals surface area (Å²) in [5, 5.41) is 4.30. The largest absolute Gasteiger partial charge is 0.314 e. The highest BCUT2D eigenvalue weighted by atomic mass is 32.1. The standard InChI is InChI=1S/C10H18N4S/c1-9-5-3-4-6-13(9)8-14-10(15)12(2)7-11-14/h7,9H,3-6,8H2,1-2H3/p+1/t9-/m1/s1. The van der Waals surface area contributed by atoms with E-state index in [0.717, 1.165) is 17.5 Å². The number of piperidine rings is 1. The van der Waals surface area contributed by atoms with E-state index in [-0.39, 0.29) is 0 Å². The minimum absolute atomic E-state index is 0.739. The highest BCUT2D eigenvalue weighted by molar-refractivity contribution is 7.71. The van der Waals surface area contributed by atoms with Crippen LogP contribution in [0.3, 0.4) is 0 Å². The fraction of sp³-hybridized carbons (Fsp3) is 0.800. The Bertz CT molecular complexity index is 381. The molecular weight excluding hydrogens is 208 g/mol. The number of nitrogens with zero attached hydrogens (tertiary/aromatic N) is 3. The van der Waals surface area contributed by atoms with Crippen LogP contribution in [0.15, 0.2) is 6.33 Å². The van der Waals surface area contributed by atoms with Crippen LogP contribution in [0.2, 0.25) is 0 Å². The lowest BCUT2D eigenvalue weighted by molar-refractivity contribution is -0.951. The molecule has 1 saturated heterocycles. The molecule has 0 amide bonds. The summed E-state index contributed by atoms with van der Waals surface area (Å²) in [7, 11) is 1.95. The molecule has 2 atom stereocenters. The van der Waals surface area contributed by atoms with Crippen LogP contribution in [0.4, 0.5) is 0 Å². The highest BCUT2D eigenvalue weighted by Gasteiger charge is 2.22. The van der Waals surface area contributed by atoms with Crippen molar-refractivity contribution in [3.63, 3.8) is 0 Å². The van der Waals surface area contributed by atoms with Gasteiger partial charge in [0.1, 0.15) is 6.33 Å². The second kappa shape index (κ2) is 4.45. The van der Waals surface area contributed by atoms with Gasteiger partial charge in [0.25, 0.3) is 0 Å². The lowest BCUT2D eigenvalue weighted by Gasteiger charge is -2.29. The maximum atomic E-state index is 5.28. The first-order chi connectivity index (χ1) is 7.18. The van der Waals surface area contributed by atoms with Gasteiger partial charge in [-0.2, -0.15) is 9.78 Å².